The molecule has 2 atom stereocenters. The zero-order valence-electron chi connectivity index (χ0n) is 19.7. The Morgan fingerprint density at radius 2 is 1.36 bits per heavy atom. The largest absolute Gasteiger partial charge is 0.497 e. The molecule has 0 bridgehead atoms. The van der Waals surface area contributed by atoms with Crippen molar-refractivity contribution >= 4 is 17.5 Å². The van der Waals surface area contributed by atoms with E-state index in [1.165, 1.54) is 19.3 Å². The van der Waals surface area contributed by atoms with Gasteiger partial charge >= 0.3 is 0 Å². The molecule has 2 fully saturated rings. The van der Waals surface area contributed by atoms with Crippen molar-refractivity contribution in [2.75, 3.05) is 32.2 Å². The molecule has 0 aliphatic carbocycles. The molecule has 6 heteroatoms. The lowest BCUT2D eigenvalue weighted by atomic mass is 9.82. The van der Waals surface area contributed by atoms with Crippen LogP contribution in [0, 0.1) is 5.92 Å². The van der Waals surface area contributed by atoms with E-state index in [0.29, 0.717) is 12.8 Å². The van der Waals surface area contributed by atoms with Gasteiger partial charge in [-0.3, -0.25) is 9.59 Å². The van der Waals surface area contributed by atoms with Gasteiger partial charge in [0.2, 0.25) is 11.8 Å². The Morgan fingerprint density at radius 1 is 0.818 bits per heavy atom. The minimum Gasteiger partial charge on any atom is -0.497 e. The lowest BCUT2D eigenvalue weighted by Gasteiger charge is -2.42. The highest BCUT2D eigenvalue weighted by molar-refractivity contribution is 5.97. The lowest BCUT2D eigenvalue weighted by molar-refractivity contribution is -0.138. The van der Waals surface area contributed by atoms with Gasteiger partial charge < -0.3 is 19.3 Å². The van der Waals surface area contributed by atoms with Crippen LogP contribution in [-0.2, 0) is 9.59 Å². The molecule has 2 aliphatic heterocycles. The molecule has 6 nitrogen and oxygen atoms in total. The highest BCUT2D eigenvalue weighted by Crippen LogP contribution is 2.41. The Kier molecular flexibility index (Phi) is 7.53. The van der Waals surface area contributed by atoms with Gasteiger partial charge in [-0.05, 0) is 61.2 Å². The van der Waals surface area contributed by atoms with Crippen molar-refractivity contribution in [1.82, 2.24) is 4.90 Å². The van der Waals surface area contributed by atoms with Crippen LogP contribution in [0.4, 0.5) is 5.69 Å². The number of benzene rings is 2. The van der Waals surface area contributed by atoms with Crippen molar-refractivity contribution in [3.63, 3.8) is 0 Å². The summed E-state index contributed by atoms with van der Waals surface area (Å²) >= 11 is 0. The van der Waals surface area contributed by atoms with Gasteiger partial charge in [0.25, 0.3) is 0 Å². The van der Waals surface area contributed by atoms with Crippen molar-refractivity contribution in [3.05, 3.63) is 54.1 Å². The van der Waals surface area contributed by atoms with Gasteiger partial charge in [0.05, 0.1) is 26.2 Å². The van der Waals surface area contributed by atoms with E-state index in [4.69, 9.17) is 9.47 Å². The summed E-state index contributed by atoms with van der Waals surface area (Å²) in [4.78, 5) is 31.0. The predicted octanol–water partition coefficient (Wildman–Crippen LogP) is 4.98. The standard InChI is InChI=1S/C27H34N2O4/c1-32-22-12-8-20(9-13-22)26-24(27(31)28-18-6-4-3-5-7-19-28)16-17-25(30)29(26)21-10-14-23(33-2)15-11-21/h8-15,24,26H,3-7,16-19H2,1-2H3. The minimum atomic E-state index is -0.358. The van der Waals surface area contributed by atoms with Gasteiger partial charge in [-0.15, -0.1) is 0 Å². The molecule has 0 N–H and O–H groups in total. The smallest absolute Gasteiger partial charge is 0.228 e. The number of piperidine rings is 1. The first-order valence-corrected chi connectivity index (χ1v) is 12.0. The SMILES string of the molecule is COc1ccc(C2C(C(=O)N3CCCCCCC3)CCC(=O)N2c2ccc(OC)cc2)cc1. The molecule has 2 aromatic carbocycles. The van der Waals surface area contributed by atoms with E-state index in [1.54, 1.807) is 14.2 Å². The normalized spacial score (nSPS) is 21.8. The average Bonchev–Trinajstić information content (AvgIpc) is 2.83. The molecule has 2 amide bonds. The van der Waals surface area contributed by atoms with Crippen molar-refractivity contribution < 1.29 is 19.1 Å². The summed E-state index contributed by atoms with van der Waals surface area (Å²) in [5.74, 6) is 1.42. The highest BCUT2D eigenvalue weighted by Gasteiger charge is 2.42. The number of methoxy groups -OCH3 is 2. The number of anilines is 1. The van der Waals surface area contributed by atoms with Gasteiger partial charge in [0.15, 0.2) is 0 Å². The van der Waals surface area contributed by atoms with Crippen molar-refractivity contribution in [2.45, 2.75) is 51.0 Å². The molecular formula is C27H34N2O4. The first-order chi connectivity index (χ1) is 16.1. The number of hydrogen-bond donors (Lipinski definition) is 0. The third-order valence-corrected chi connectivity index (χ3v) is 6.89. The van der Waals surface area contributed by atoms with E-state index in [0.717, 1.165) is 48.7 Å². The van der Waals surface area contributed by atoms with Crippen LogP contribution in [0.15, 0.2) is 48.5 Å². The molecule has 4 rings (SSSR count). The van der Waals surface area contributed by atoms with Crippen LogP contribution >= 0.6 is 0 Å². The topological polar surface area (TPSA) is 59.1 Å². The minimum absolute atomic E-state index is 0.0395. The molecular weight excluding hydrogens is 416 g/mol. The number of carbonyl (C=O) groups is 2. The Labute approximate surface area is 196 Å². The molecule has 0 aromatic heterocycles. The Balaban J connectivity index is 1.71. The summed E-state index contributed by atoms with van der Waals surface area (Å²) in [7, 11) is 3.26. The maximum atomic E-state index is 13.9. The van der Waals surface area contributed by atoms with Crippen LogP contribution in [0.5, 0.6) is 11.5 Å². The summed E-state index contributed by atoms with van der Waals surface area (Å²) in [5, 5.41) is 0. The molecule has 2 unspecified atom stereocenters. The van der Waals surface area contributed by atoms with Crippen LogP contribution in [0.2, 0.25) is 0 Å². The predicted molar refractivity (Wildman–Crippen MR) is 129 cm³/mol. The number of carbonyl (C=O) groups excluding carboxylic acids is 2. The molecule has 176 valence electrons. The number of ether oxygens (including phenoxy) is 2. The zero-order chi connectivity index (χ0) is 23.2. The van der Waals surface area contributed by atoms with Gasteiger partial charge in [-0.2, -0.15) is 0 Å². The first kappa shape index (κ1) is 23.1. The van der Waals surface area contributed by atoms with Crippen LogP contribution < -0.4 is 14.4 Å². The molecule has 0 spiro atoms. The Bertz CT molecular complexity index is 934. The summed E-state index contributed by atoms with van der Waals surface area (Å²) < 4.78 is 10.6. The van der Waals surface area contributed by atoms with E-state index < -0.39 is 0 Å². The molecule has 33 heavy (non-hydrogen) atoms. The van der Waals surface area contributed by atoms with E-state index in [2.05, 4.69) is 0 Å². The molecule has 0 radical (unpaired) electrons. The van der Waals surface area contributed by atoms with Crippen molar-refractivity contribution in [1.29, 1.82) is 0 Å². The second-order valence-electron chi connectivity index (χ2n) is 8.92. The van der Waals surface area contributed by atoms with Crippen LogP contribution in [0.25, 0.3) is 0 Å². The van der Waals surface area contributed by atoms with Gasteiger partial charge in [-0.1, -0.05) is 31.4 Å². The average molecular weight is 451 g/mol. The number of hydrogen-bond acceptors (Lipinski definition) is 4. The van der Waals surface area contributed by atoms with Crippen molar-refractivity contribution in [3.8, 4) is 11.5 Å². The fourth-order valence-corrected chi connectivity index (χ4v) is 5.08. The molecule has 2 aliphatic rings. The van der Waals surface area contributed by atoms with E-state index in [9.17, 15) is 9.59 Å². The molecule has 0 saturated carbocycles. The Morgan fingerprint density at radius 3 is 1.94 bits per heavy atom. The van der Waals surface area contributed by atoms with Gasteiger partial charge in [-0.25, -0.2) is 0 Å². The summed E-state index contributed by atoms with van der Waals surface area (Å²) in [6.07, 6.45) is 6.62. The fourth-order valence-electron chi connectivity index (χ4n) is 5.08. The van der Waals surface area contributed by atoms with Crippen LogP contribution in [-0.4, -0.2) is 44.0 Å². The van der Waals surface area contributed by atoms with Crippen LogP contribution in [0.1, 0.15) is 56.6 Å². The lowest BCUT2D eigenvalue weighted by Crippen LogP contribution is -2.49. The monoisotopic (exact) mass is 450 g/mol. The highest BCUT2D eigenvalue weighted by atomic mass is 16.5. The summed E-state index contributed by atoms with van der Waals surface area (Å²) in [6.45, 7) is 1.61. The van der Waals surface area contributed by atoms with Gasteiger partial charge in [0.1, 0.15) is 11.5 Å². The molecule has 2 saturated heterocycles. The second kappa shape index (κ2) is 10.7. The van der Waals surface area contributed by atoms with E-state index >= 15 is 0 Å². The Hall–Kier alpha value is -3.02. The number of nitrogens with zero attached hydrogens (tertiary/aromatic N) is 2. The molecule has 2 aromatic rings. The van der Waals surface area contributed by atoms with E-state index in [1.807, 2.05) is 58.3 Å². The fraction of sp³-hybridized carbons (Fsp3) is 0.481. The third kappa shape index (κ3) is 5.15. The second-order valence-corrected chi connectivity index (χ2v) is 8.92. The third-order valence-electron chi connectivity index (χ3n) is 6.89. The maximum Gasteiger partial charge on any atom is 0.228 e. The zero-order valence-corrected chi connectivity index (χ0v) is 19.7. The summed E-state index contributed by atoms with van der Waals surface area (Å²) in [6, 6.07) is 14.9. The molecule has 2 heterocycles. The van der Waals surface area contributed by atoms with Crippen LogP contribution in [0.3, 0.4) is 0 Å². The number of likely N-dealkylation sites (tertiary alicyclic amines) is 1. The quantitative estimate of drug-likeness (QED) is 0.645. The van der Waals surface area contributed by atoms with E-state index in [-0.39, 0.29) is 23.8 Å². The number of rotatable bonds is 5. The van der Waals surface area contributed by atoms with Crippen molar-refractivity contribution in [2.24, 2.45) is 5.92 Å². The van der Waals surface area contributed by atoms with Gasteiger partial charge in [0, 0.05) is 25.2 Å². The first-order valence-electron chi connectivity index (χ1n) is 12.0. The summed E-state index contributed by atoms with van der Waals surface area (Å²) in [5.41, 5.74) is 1.73. The number of amides is 2. The maximum absolute atomic E-state index is 13.9.